The summed E-state index contributed by atoms with van der Waals surface area (Å²) in [6, 6.07) is 15.3. The summed E-state index contributed by atoms with van der Waals surface area (Å²) < 4.78 is 5.30. The summed E-state index contributed by atoms with van der Waals surface area (Å²) in [5, 5.41) is 3.10. The molecule has 5 heteroatoms. The number of hydrogen-bond donors (Lipinski definition) is 1. The quantitative estimate of drug-likeness (QED) is 0.864. The standard InChI is InChI=1S/C23H26N2O3/c1-28-20-11-3-7-17(15-20)16-6-2-8-18(14-16)23(27)25-13-5-12-21(25)22(26)24-19-9-4-10-19/h2-3,6-8,11,14-15,19,21H,4-5,9-10,12-13H2,1H3,(H,24,26). The molecule has 0 bridgehead atoms. The highest BCUT2D eigenvalue weighted by Crippen LogP contribution is 2.27. The van der Waals surface area contributed by atoms with Crippen LogP contribution in [0.25, 0.3) is 11.1 Å². The highest BCUT2D eigenvalue weighted by molar-refractivity contribution is 5.99. The Kier molecular flexibility index (Phi) is 5.33. The topological polar surface area (TPSA) is 58.6 Å². The molecule has 1 unspecified atom stereocenters. The van der Waals surface area contributed by atoms with Gasteiger partial charge in [-0.25, -0.2) is 0 Å². The van der Waals surface area contributed by atoms with Gasteiger partial charge >= 0.3 is 0 Å². The Morgan fingerprint density at radius 3 is 2.46 bits per heavy atom. The van der Waals surface area contributed by atoms with Gasteiger partial charge in [-0.05, 0) is 67.5 Å². The third-order valence-electron chi connectivity index (χ3n) is 5.78. The van der Waals surface area contributed by atoms with Crippen LogP contribution in [-0.2, 0) is 4.79 Å². The molecule has 1 N–H and O–H groups in total. The van der Waals surface area contributed by atoms with Crippen LogP contribution in [0.4, 0.5) is 0 Å². The van der Waals surface area contributed by atoms with Crippen LogP contribution in [0.15, 0.2) is 48.5 Å². The first kappa shape index (κ1) is 18.5. The molecule has 2 amide bonds. The van der Waals surface area contributed by atoms with Crippen LogP contribution < -0.4 is 10.1 Å². The zero-order valence-corrected chi connectivity index (χ0v) is 16.2. The van der Waals surface area contributed by atoms with E-state index in [0.29, 0.717) is 18.2 Å². The second kappa shape index (κ2) is 8.05. The molecule has 146 valence electrons. The number of likely N-dealkylation sites (tertiary alicyclic amines) is 1. The van der Waals surface area contributed by atoms with Gasteiger partial charge in [0.25, 0.3) is 5.91 Å². The minimum Gasteiger partial charge on any atom is -0.497 e. The Morgan fingerprint density at radius 1 is 1.00 bits per heavy atom. The summed E-state index contributed by atoms with van der Waals surface area (Å²) in [5.74, 6) is 0.706. The fourth-order valence-electron chi connectivity index (χ4n) is 3.93. The Morgan fingerprint density at radius 2 is 1.75 bits per heavy atom. The van der Waals surface area contributed by atoms with Crippen LogP contribution in [0, 0.1) is 0 Å². The van der Waals surface area contributed by atoms with E-state index in [0.717, 1.165) is 42.6 Å². The molecule has 1 aliphatic carbocycles. The van der Waals surface area contributed by atoms with Crippen molar-refractivity contribution in [3.8, 4) is 16.9 Å². The number of amides is 2. The van der Waals surface area contributed by atoms with Gasteiger partial charge in [0.15, 0.2) is 0 Å². The first-order valence-electron chi connectivity index (χ1n) is 10.0. The van der Waals surface area contributed by atoms with Crippen molar-refractivity contribution in [1.29, 1.82) is 0 Å². The van der Waals surface area contributed by atoms with Gasteiger partial charge in [-0.1, -0.05) is 24.3 Å². The Hall–Kier alpha value is -2.82. The first-order chi connectivity index (χ1) is 13.7. The predicted octanol–water partition coefficient (Wildman–Crippen LogP) is 3.64. The number of carbonyl (C=O) groups is 2. The Bertz CT molecular complexity index is 876. The predicted molar refractivity (Wildman–Crippen MR) is 108 cm³/mol. The van der Waals surface area contributed by atoms with Crippen molar-refractivity contribution in [2.24, 2.45) is 0 Å². The summed E-state index contributed by atoms with van der Waals surface area (Å²) in [5.41, 5.74) is 2.57. The lowest BCUT2D eigenvalue weighted by Crippen LogP contribution is -2.50. The fraction of sp³-hybridized carbons (Fsp3) is 0.391. The molecule has 2 aromatic carbocycles. The number of nitrogens with zero attached hydrogens (tertiary/aromatic N) is 1. The number of rotatable bonds is 5. The molecule has 5 nitrogen and oxygen atoms in total. The molecule has 0 spiro atoms. The molecule has 1 atom stereocenters. The largest absolute Gasteiger partial charge is 0.497 e. The number of ether oxygens (including phenoxy) is 1. The van der Waals surface area contributed by atoms with Gasteiger partial charge in [0.1, 0.15) is 11.8 Å². The number of methoxy groups -OCH3 is 1. The zero-order chi connectivity index (χ0) is 19.5. The summed E-state index contributed by atoms with van der Waals surface area (Å²) in [7, 11) is 1.64. The van der Waals surface area contributed by atoms with Crippen LogP contribution >= 0.6 is 0 Å². The van der Waals surface area contributed by atoms with Crippen LogP contribution in [0.5, 0.6) is 5.75 Å². The third-order valence-corrected chi connectivity index (χ3v) is 5.78. The van der Waals surface area contributed by atoms with E-state index in [1.54, 1.807) is 12.0 Å². The minimum atomic E-state index is -0.353. The normalized spacial score (nSPS) is 19.2. The summed E-state index contributed by atoms with van der Waals surface area (Å²) in [6.45, 7) is 0.630. The third kappa shape index (κ3) is 3.75. The fourth-order valence-corrected chi connectivity index (χ4v) is 3.93. The van der Waals surface area contributed by atoms with Gasteiger partial charge in [0.2, 0.25) is 5.91 Å². The summed E-state index contributed by atoms with van der Waals surface area (Å²) in [4.78, 5) is 27.5. The molecular formula is C23H26N2O3. The molecule has 1 aliphatic heterocycles. The molecule has 4 rings (SSSR count). The Labute approximate surface area is 165 Å². The summed E-state index contributed by atoms with van der Waals surface area (Å²) >= 11 is 0. The molecule has 1 saturated carbocycles. The molecular weight excluding hydrogens is 352 g/mol. The lowest BCUT2D eigenvalue weighted by atomic mass is 9.93. The van der Waals surface area contributed by atoms with Gasteiger partial charge in [-0.15, -0.1) is 0 Å². The van der Waals surface area contributed by atoms with E-state index < -0.39 is 0 Å². The molecule has 1 saturated heterocycles. The number of nitrogens with one attached hydrogen (secondary N) is 1. The second-order valence-electron chi connectivity index (χ2n) is 7.61. The average Bonchev–Trinajstić information content (AvgIpc) is 3.20. The average molecular weight is 378 g/mol. The van der Waals surface area contributed by atoms with E-state index in [2.05, 4.69) is 5.32 Å². The summed E-state index contributed by atoms with van der Waals surface area (Å²) in [6.07, 6.45) is 4.88. The lowest BCUT2D eigenvalue weighted by molar-refractivity contribution is -0.126. The molecule has 2 aromatic rings. The van der Waals surface area contributed by atoms with E-state index in [-0.39, 0.29) is 17.9 Å². The Balaban J connectivity index is 1.53. The van der Waals surface area contributed by atoms with Crippen molar-refractivity contribution >= 4 is 11.8 Å². The van der Waals surface area contributed by atoms with E-state index in [4.69, 9.17) is 4.74 Å². The van der Waals surface area contributed by atoms with Crippen molar-refractivity contribution in [3.05, 3.63) is 54.1 Å². The SMILES string of the molecule is COc1cccc(-c2cccc(C(=O)N3CCCC3C(=O)NC3CCC3)c2)c1. The van der Waals surface area contributed by atoms with Crippen molar-refractivity contribution in [2.45, 2.75) is 44.2 Å². The van der Waals surface area contributed by atoms with Crippen LogP contribution in [-0.4, -0.2) is 42.5 Å². The van der Waals surface area contributed by atoms with E-state index in [1.807, 2.05) is 48.5 Å². The van der Waals surface area contributed by atoms with Crippen molar-refractivity contribution in [3.63, 3.8) is 0 Å². The van der Waals surface area contributed by atoms with Crippen molar-refractivity contribution in [1.82, 2.24) is 10.2 Å². The monoisotopic (exact) mass is 378 g/mol. The van der Waals surface area contributed by atoms with Gasteiger partial charge in [-0.2, -0.15) is 0 Å². The molecule has 28 heavy (non-hydrogen) atoms. The number of hydrogen-bond acceptors (Lipinski definition) is 3. The maximum absolute atomic E-state index is 13.2. The first-order valence-corrected chi connectivity index (χ1v) is 10.0. The number of benzene rings is 2. The minimum absolute atomic E-state index is 0.000463. The van der Waals surface area contributed by atoms with E-state index in [9.17, 15) is 9.59 Å². The molecule has 2 aliphatic rings. The van der Waals surface area contributed by atoms with Gasteiger partial charge in [0, 0.05) is 18.2 Å². The second-order valence-corrected chi connectivity index (χ2v) is 7.61. The highest BCUT2D eigenvalue weighted by atomic mass is 16.5. The van der Waals surface area contributed by atoms with Crippen LogP contribution in [0.3, 0.4) is 0 Å². The number of carbonyl (C=O) groups excluding carboxylic acids is 2. The van der Waals surface area contributed by atoms with Gasteiger partial charge in [-0.3, -0.25) is 9.59 Å². The van der Waals surface area contributed by atoms with Crippen LogP contribution in [0.1, 0.15) is 42.5 Å². The van der Waals surface area contributed by atoms with Gasteiger partial charge < -0.3 is 15.0 Å². The molecule has 0 radical (unpaired) electrons. The molecule has 0 aromatic heterocycles. The molecule has 2 fully saturated rings. The maximum Gasteiger partial charge on any atom is 0.254 e. The lowest BCUT2D eigenvalue weighted by Gasteiger charge is -2.30. The molecule has 1 heterocycles. The highest BCUT2D eigenvalue weighted by Gasteiger charge is 2.36. The van der Waals surface area contributed by atoms with Crippen molar-refractivity contribution in [2.75, 3.05) is 13.7 Å². The van der Waals surface area contributed by atoms with Crippen molar-refractivity contribution < 1.29 is 14.3 Å². The van der Waals surface area contributed by atoms with Crippen LogP contribution in [0.2, 0.25) is 0 Å². The van der Waals surface area contributed by atoms with E-state index in [1.165, 1.54) is 6.42 Å². The van der Waals surface area contributed by atoms with Gasteiger partial charge in [0.05, 0.1) is 7.11 Å². The smallest absolute Gasteiger partial charge is 0.254 e. The van der Waals surface area contributed by atoms with E-state index >= 15 is 0 Å². The zero-order valence-electron chi connectivity index (χ0n) is 16.2. The maximum atomic E-state index is 13.2.